The van der Waals surface area contributed by atoms with Gasteiger partial charge in [-0.05, 0) is 13.0 Å². The largest absolute Gasteiger partial charge is 0.465 e. The highest BCUT2D eigenvalue weighted by Crippen LogP contribution is 2.18. The van der Waals surface area contributed by atoms with Crippen molar-refractivity contribution in [3.05, 3.63) is 0 Å². The van der Waals surface area contributed by atoms with Crippen molar-refractivity contribution >= 4 is 5.97 Å². The molecule has 98 valence electrons. The Bertz CT molecular complexity index is 253. The lowest BCUT2D eigenvalue weighted by molar-refractivity contribution is -0.150. The molecule has 17 heavy (non-hydrogen) atoms. The lowest BCUT2D eigenvalue weighted by atomic mass is 10.0. The molecule has 2 aliphatic heterocycles. The molecule has 0 aromatic heterocycles. The summed E-state index contributed by atoms with van der Waals surface area (Å²) >= 11 is 0. The van der Waals surface area contributed by atoms with E-state index < -0.39 is 0 Å². The molecule has 2 saturated heterocycles. The predicted molar refractivity (Wildman–Crippen MR) is 61.7 cm³/mol. The lowest BCUT2D eigenvalue weighted by Gasteiger charge is -2.18. The van der Waals surface area contributed by atoms with E-state index in [1.807, 2.05) is 6.92 Å². The first-order chi connectivity index (χ1) is 8.31. The number of esters is 1. The highest BCUT2D eigenvalue weighted by atomic mass is 16.5. The molecule has 2 aliphatic rings. The van der Waals surface area contributed by atoms with Crippen molar-refractivity contribution in [1.82, 2.24) is 5.32 Å². The first-order valence-corrected chi connectivity index (χ1v) is 6.36. The summed E-state index contributed by atoms with van der Waals surface area (Å²) in [5.41, 5.74) is 0. The minimum absolute atomic E-state index is 0.104. The molecular formula is C12H21NO4. The molecule has 5 nitrogen and oxygen atoms in total. The van der Waals surface area contributed by atoms with Crippen LogP contribution in [0.1, 0.15) is 13.3 Å². The van der Waals surface area contributed by atoms with E-state index in [2.05, 4.69) is 5.32 Å². The number of rotatable bonds is 5. The molecule has 3 atom stereocenters. The molecule has 0 bridgehead atoms. The second-order valence-electron chi connectivity index (χ2n) is 4.67. The Morgan fingerprint density at radius 3 is 2.94 bits per heavy atom. The molecule has 0 aromatic carbocycles. The molecule has 2 fully saturated rings. The summed E-state index contributed by atoms with van der Waals surface area (Å²) in [7, 11) is 0. The monoisotopic (exact) mass is 243 g/mol. The van der Waals surface area contributed by atoms with Crippen LogP contribution in [0.5, 0.6) is 0 Å². The second-order valence-corrected chi connectivity index (χ2v) is 4.67. The summed E-state index contributed by atoms with van der Waals surface area (Å²) in [6.07, 6.45) is 0.991. The van der Waals surface area contributed by atoms with Crippen molar-refractivity contribution in [2.75, 3.05) is 39.6 Å². The van der Waals surface area contributed by atoms with Crippen LogP contribution in [-0.4, -0.2) is 51.6 Å². The van der Waals surface area contributed by atoms with Gasteiger partial charge in [-0.25, -0.2) is 0 Å². The Hall–Kier alpha value is -0.650. The molecule has 0 spiro atoms. The second kappa shape index (κ2) is 6.33. The van der Waals surface area contributed by atoms with E-state index in [4.69, 9.17) is 14.2 Å². The first kappa shape index (κ1) is 12.8. The van der Waals surface area contributed by atoms with Gasteiger partial charge in [0.2, 0.25) is 0 Å². The fourth-order valence-corrected chi connectivity index (χ4v) is 2.27. The number of likely N-dealkylation sites (N-methyl/N-ethyl adjacent to an activating group) is 1. The van der Waals surface area contributed by atoms with Crippen LogP contribution in [0.25, 0.3) is 0 Å². The summed E-state index contributed by atoms with van der Waals surface area (Å²) in [5.74, 6) is 0.0801. The summed E-state index contributed by atoms with van der Waals surface area (Å²) in [6.45, 7) is 5.91. The molecule has 5 heteroatoms. The lowest BCUT2D eigenvalue weighted by Crippen LogP contribution is -2.40. The minimum Gasteiger partial charge on any atom is -0.465 e. The number of hydrogen-bond acceptors (Lipinski definition) is 5. The summed E-state index contributed by atoms with van der Waals surface area (Å²) in [5, 5.41) is 3.25. The van der Waals surface area contributed by atoms with Crippen molar-refractivity contribution in [2.24, 2.45) is 11.8 Å². The quantitative estimate of drug-likeness (QED) is 0.699. The standard InChI is InChI=1S/C12H21NO4/c1-2-13-11-8-16-7-10(11)12(14)17-6-9-3-4-15-5-9/h9-11,13H,2-8H2,1H3. The average Bonchev–Trinajstić information content (AvgIpc) is 2.97. The van der Waals surface area contributed by atoms with Crippen LogP contribution < -0.4 is 5.32 Å². The van der Waals surface area contributed by atoms with Gasteiger partial charge in [0.05, 0.1) is 32.3 Å². The molecule has 0 saturated carbocycles. The molecule has 0 radical (unpaired) electrons. The third-order valence-electron chi connectivity index (χ3n) is 3.33. The van der Waals surface area contributed by atoms with Gasteiger partial charge in [0, 0.05) is 18.6 Å². The van der Waals surface area contributed by atoms with Crippen LogP contribution in [0.15, 0.2) is 0 Å². The number of carbonyl (C=O) groups excluding carboxylic acids is 1. The Morgan fingerprint density at radius 1 is 1.35 bits per heavy atom. The molecule has 0 amide bonds. The molecule has 1 N–H and O–H groups in total. The van der Waals surface area contributed by atoms with E-state index in [1.54, 1.807) is 0 Å². The molecular weight excluding hydrogens is 222 g/mol. The molecule has 2 rings (SSSR count). The van der Waals surface area contributed by atoms with E-state index in [0.29, 0.717) is 32.3 Å². The predicted octanol–water partition coefficient (Wildman–Crippen LogP) is 0.191. The van der Waals surface area contributed by atoms with Gasteiger partial charge in [0.25, 0.3) is 0 Å². The summed E-state index contributed by atoms with van der Waals surface area (Å²) in [6, 6.07) is 0.104. The van der Waals surface area contributed by atoms with Crippen LogP contribution in [-0.2, 0) is 19.0 Å². The molecule has 0 aromatic rings. The average molecular weight is 243 g/mol. The third kappa shape index (κ3) is 3.40. The Kier molecular flexibility index (Phi) is 4.76. The molecule has 3 unspecified atom stereocenters. The number of carbonyl (C=O) groups is 1. The molecule has 2 heterocycles. The summed E-state index contributed by atoms with van der Waals surface area (Å²) < 4.78 is 15.9. The van der Waals surface area contributed by atoms with Gasteiger partial charge in [-0.2, -0.15) is 0 Å². The van der Waals surface area contributed by atoms with Crippen molar-refractivity contribution in [1.29, 1.82) is 0 Å². The maximum absolute atomic E-state index is 11.9. The topological polar surface area (TPSA) is 56.8 Å². The minimum atomic E-state index is -0.155. The van der Waals surface area contributed by atoms with Crippen LogP contribution in [0.4, 0.5) is 0 Å². The van der Waals surface area contributed by atoms with Crippen molar-refractivity contribution in [2.45, 2.75) is 19.4 Å². The fraction of sp³-hybridized carbons (Fsp3) is 0.917. The highest BCUT2D eigenvalue weighted by molar-refractivity contribution is 5.73. The SMILES string of the molecule is CCNC1COCC1C(=O)OCC1CCOC1. The normalized spacial score (nSPS) is 32.9. The zero-order chi connectivity index (χ0) is 12.1. The number of ether oxygens (including phenoxy) is 3. The van der Waals surface area contributed by atoms with Gasteiger partial charge in [0.15, 0.2) is 0 Å². The smallest absolute Gasteiger partial charge is 0.312 e. The van der Waals surface area contributed by atoms with Gasteiger partial charge >= 0.3 is 5.97 Å². The summed E-state index contributed by atoms with van der Waals surface area (Å²) in [4.78, 5) is 11.9. The van der Waals surface area contributed by atoms with Crippen molar-refractivity contribution in [3.8, 4) is 0 Å². The Morgan fingerprint density at radius 2 is 2.24 bits per heavy atom. The zero-order valence-electron chi connectivity index (χ0n) is 10.3. The van der Waals surface area contributed by atoms with Gasteiger partial charge in [-0.1, -0.05) is 6.92 Å². The van der Waals surface area contributed by atoms with E-state index in [1.165, 1.54) is 0 Å². The number of nitrogens with one attached hydrogen (secondary N) is 1. The van der Waals surface area contributed by atoms with Gasteiger partial charge in [0.1, 0.15) is 0 Å². The number of hydrogen-bond donors (Lipinski definition) is 1. The van der Waals surface area contributed by atoms with Crippen molar-refractivity contribution in [3.63, 3.8) is 0 Å². The van der Waals surface area contributed by atoms with E-state index in [-0.39, 0.29) is 17.9 Å². The van der Waals surface area contributed by atoms with E-state index in [9.17, 15) is 4.79 Å². The van der Waals surface area contributed by atoms with E-state index >= 15 is 0 Å². The van der Waals surface area contributed by atoms with Gasteiger partial charge < -0.3 is 19.5 Å². The fourth-order valence-electron chi connectivity index (χ4n) is 2.27. The Labute approximate surface area is 102 Å². The van der Waals surface area contributed by atoms with E-state index in [0.717, 1.165) is 19.6 Å². The van der Waals surface area contributed by atoms with Gasteiger partial charge in [-0.3, -0.25) is 4.79 Å². The van der Waals surface area contributed by atoms with Crippen LogP contribution in [0.3, 0.4) is 0 Å². The highest BCUT2D eigenvalue weighted by Gasteiger charge is 2.35. The Balaban J connectivity index is 1.74. The first-order valence-electron chi connectivity index (χ1n) is 6.36. The molecule has 0 aliphatic carbocycles. The maximum atomic E-state index is 11.9. The van der Waals surface area contributed by atoms with Crippen LogP contribution >= 0.6 is 0 Å². The van der Waals surface area contributed by atoms with Crippen LogP contribution in [0.2, 0.25) is 0 Å². The van der Waals surface area contributed by atoms with Gasteiger partial charge in [-0.15, -0.1) is 0 Å². The third-order valence-corrected chi connectivity index (χ3v) is 3.33. The van der Waals surface area contributed by atoms with Crippen molar-refractivity contribution < 1.29 is 19.0 Å². The zero-order valence-corrected chi connectivity index (χ0v) is 10.3. The van der Waals surface area contributed by atoms with Crippen LogP contribution in [0, 0.1) is 11.8 Å². The maximum Gasteiger partial charge on any atom is 0.312 e.